The van der Waals surface area contributed by atoms with Crippen molar-refractivity contribution in [1.82, 2.24) is 14.5 Å². The van der Waals surface area contributed by atoms with E-state index in [2.05, 4.69) is 9.97 Å². The van der Waals surface area contributed by atoms with E-state index in [9.17, 15) is 13.2 Å². The zero-order chi connectivity index (χ0) is 21.3. The van der Waals surface area contributed by atoms with Gasteiger partial charge in [-0.3, -0.25) is 5.14 Å². The standard InChI is InChI=1S/C18H14F3N.C4H7N3S/c19-12-6-4-11(5-7-12)17-16(10-2-1-3-10)14-8-13(20)9-15(21)18(14)22-17;1-7-3-2-6-4(7)8-5/h4-10,22H,1-3H2;2-3H,5H2,1H3. The topological polar surface area (TPSA) is 59.6 Å². The first-order chi connectivity index (χ1) is 14.5. The molecule has 0 unspecified atom stereocenters. The fourth-order valence-corrected chi connectivity index (χ4v) is 4.02. The maximum absolute atomic E-state index is 14.1. The fraction of sp³-hybridized carbons (Fsp3) is 0.227. The Balaban J connectivity index is 0.000000230. The van der Waals surface area contributed by atoms with Crippen molar-refractivity contribution >= 4 is 22.9 Å². The van der Waals surface area contributed by atoms with Gasteiger partial charge in [-0.15, -0.1) is 0 Å². The van der Waals surface area contributed by atoms with Gasteiger partial charge in [-0.05, 0) is 72.2 Å². The third-order valence-electron chi connectivity index (χ3n) is 5.39. The van der Waals surface area contributed by atoms with Crippen molar-refractivity contribution in [2.75, 3.05) is 0 Å². The Morgan fingerprint density at radius 1 is 1.10 bits per heavy atom. The van der Waals surface area contributed by atoms with Crippen LogP contribution in [0, 0.1) is 17.5 Å². The average molecular weight is 430 g/mol. The molecule has 0 amide bonds. The molecule has 3 N–H and O–H groups in total. The molecule has 2 aromatic carbocycles. The molecule has 0 radical (unpaired) electrons. The van der Waals surface area contributed by atoms with Crippen molar-refractivity contribution in [3.05, 3.63) is 71.8 Å². The number of nitrogens with zero attached hydrogens (tertiary/aromatic N) is 2. The molecule has 1 aliphatic rings. The number of nitrogens with one attached hydrogen (secondary N) is 1. The predicted octanol–water partition coefficient (Wildman–Crippen LogP) is 5.91. The maximum atomic E-state index is 14.1. The lowest BCUT2D eigenvalue weighted by Gasteiger charge is -2.26. The molecule has 0 bridgehead atoms. The van der Waals surface area contributed by atoms with Crippen LogP contribution in [0.5, 0.6) is 0 Å². The van der Waals surface area contributed by atoms with E-state index in [4.69, 9.17) is 5.14 Å². The normalized spacial score (nSPS) is 13.8. The van der Waals surface area contributed by atoms with Crippen molar-refractivity contribution in [1.29, 1.82) is 0 Å². The van der Waals surface area contributed by atoms with Gasteiger partial charge < -0.3 is 9.55 Å². The highest BCUT2D eigenvalue weighted by Crippen LogP contribution is 2.45. The molecule has 30 heavy (non-hydrogen) atoms. The predicted molar refractivity (Wildman–Crippen MR) is 113 cm³/mol. The first kappa shape index (κ1) is 20.6. The molecule has 4 nitrogen and oxygen atoms in total. The van der Waals surface area contributed by atoms with Crippen molar-refractivity contribution in [3.63, 3.8) is 0 Å². The summed E-state index contributed by atoms with van der Waals surface area (Å²) in [5, 5.41) is 6.67. The number of H-pyrrole nitrogens is 1. The highest BCUT2D eigenvalue weighted by molar-refractivity contribution is 7.96. The second kappa shape index (κ2) is 8.57. The summed E-state index contributed by atoms with van der Waals surface area (Å²) in [4.78, 5) is 7.02. The first-order valence-electron chi connectivity index (χ1n) is 9.58. The van der Waals surface area contributed by atoms with Gasteiger partial charge in [0.05, 0.1) is 11.2 Å². The summed E-state index contributed by atoms with van der Waals surface area (Å²) in [5.74, 6) is -1.18. The van der Waals surface area contributed by atoms with Gasteiger partial charge in [-0.2, -0.15) is 0 Å². The van der Waals surface area contributed by atoms with Crippen LogP contribution in [0.4, 0.5) is 13.2 Å². The van der Waals surface area contributed by atoms with Crippen LogP contribution in [-0.4, -0.2) is 14.5 Å². The molecule has 0 aliphatic heterocycles. The zero-order valence-corrected chi connectivity index (χ0v) is 17.1. The largest absolute Gasteiger partial charge is 0.352 e. The van der Waals surface area contributed by atoms with E-state index in [1.165, 1.54) is 18.2 Å². The van der Waals surface area contributed by atoms with Gasteiger partial charge in [0.25, 0.3) is 0 Å². The van der Waals surface area contributed by atoms with E-state index in [0.29, 0.717) is 16.8 Å². The Morgan fingerprint density at radius 3 is 2.37 bits per heavy atom. The molecule has 0 atom stereocenters. The Labute approximate surface area is 176 Å². The minimum absolute atomic E-state index is 0.301. The number of fused-ring (bicyclic) bond motifs is 1. The van der Waals surface area contributed by atoms with Crippen LogP contribution < -0.4 is 5.14 Å². The van der Waals surface area contributed by atoms with Gasteiger partial charge in [-0.1, -0.05) is 6.42 Å². The highest BCUT2D eigenvalue weighted by atomic mass is 32.2. The van der Waals surface area contributed by atoms with Crippen molar-refractivity contribution in [2.45, 2.75) is 30.3 Å². The molecule has 0 saturated heterocycles. The third kappa shape index (κ3) is 3.97. The van der Waals surface area contributed by atoms with E-state index < -0.39 is 11.6 Å². The second-order valence-corrected chi connectivity index (χ2v) is 7.90. The molecule has 0 spiro atoms. The summed E-state index contributed by atoms with van der Waals surface area (Å²) in [6.45, 7) is 0. The molecule has 4 aromatic rings. The highest BCUT2D eigenvalue weighted by Gasteiger charge is 2.27. The van der Waals surface area contributed by atoms with E-state index in [1.807, 2.05) is 17.8 Å². The number of imidazole rings is 1. The molecule has 1 aliphatic carbocycles. The van der Waals surface area contributed by atoms with Gasteiger partial charge in [-0.25, -0.2) is 18.2 Å². The zero-order valence-electron chi connectivity index (χ0n) is 16.3. The number of benzene rings is 2. The summed E-state index contributed by atoms with van der Waals surface area (Å²) in [6.07, 6.45) is 6.72. The van der Waals surface area contributed by atoms with Crippen LogP contribution in [0.25, 0.3) is 22.2 Å². The lowest BCUT2D eigenvalue weighted by Crippen LogP contribution is -2.09. The Bertz CT molecular complexity index is 1160. The SMILES string of the molecule is Cn1ccnc1SN.Fc1ccc(-c2[nH]c3c(F)cc(F)cc3c2C2CCC2)cc1. The molecule has 156 valence electrons. The van der Waals surface area contributed by atoms with Crippen LogP contribution in [0.3, 0.4) is 0 Å². The van der Waals surface area contributed by atoms with Gasteiger partial charge in [0, 0.05) is 30.9 Å². The van der Waals surface area contributed by atoms with Gasteiger partial charge >= 0.3 is 0 Å². The molecule has 1 saturated carbocycles. The lowest BCUT2D eigenvalue weighted by molar-refractivity contribution is 0.423. The minimum Gasteiger partial charge on any atom is -0.352 e. The van der Waals surface area contributed by atoms with Gasteiger partial charge in [0.15, 0.2) is 5.16 Å². The summed E-state index contributed by atoms with van der Waals surface area (Å²) in [7, 11) is 1.90. The van der Waals surface area contributed by atoms with Gasteiger partial charge in [0.1, 0.15) is 17.5 Å². The van der Waals surface area contributed by atoms with Crippen LogP contribution in [0.2, 0.25) is 0 Å². The number of hydrogen-bond acceptors (Lipinski definition) is 3. The second-order valence-electron chi connectivity index (χ2n) is 7.30. The number of halogens is 3. The van der Waals surface area contributed by atoms with E-state index in [-0.39, 0.29) is 5.82 Å². The maximum Gasteiger partial charge on any atom is 0.182 e. The number of aromatic amines is 1. The Morgan fingerprint density at radius 2 is 1.83 bits per heavy atom. The summed E-state index contributed by atoms with van der Waals surface area (Å²) in [5.41, 5.74) is 2.83. The van der Waals surface area contributed by atoms with Crippen LogP contribution in [0.15, 0.2) is 53.9 Å². The molecule has 1 fully saturated rings. The number of hydrogen-bond donors (Lipinski definition) is 2. The number of rotatable bonds is 3. The molecular weight excluding hydrogens is 409 g/mol. The summed E-state index contributed by atoms with van der Waals surface area (Å²) in [6, 6.07) is 8.35. The Hall–Kier alpha value is -2.71. The molecule has 5 rings (SSSR count). The van der Waals surface area contributed by atoms with Crippen molar-refractivity contribution < 1.29 is 13.2 Å². The quantitative estimate of drug-likeness (QED) is 0.398. The van der Waals surface area contributed by atoms with Crippen LogP contribution in [0.1, 0.15) is 30.7 Å². The third-order valence-corrected chi connectivity index (χ3v) is 6.00. The smallest absolute Gasteiger partial charge is 0.182 e. The number of nitrogens with two attached hydrogens (primary N) is 1. The van der Waals surface area contributed by atoms with Crippen LogP contribution in [-0.2, 0) is 7.05 Å². The summed E-state index contributed by atoms with van der Waals surface area (Å²) < 4.78 is 42.7. The molecule has 2 aromatic heterocycles. The fourth-order valence-electron chi connectivity index (χ4n) is 3.67. The summed E-state index contributed by atoms with van der Waals surface area (Å²) >= 11 is 1.15. The average Bonchev–Trinajstić information content (AvgIpc) is 3.26. The number of aromatic nitrogens is 3. The van der Waals surface area contributed by atoms with E-state index in [1.54, 1.807) is 18.3 Å². The van der Waals surface area contributed by atoms with Crippen molar-refractivity contribution in [2.24, 2.45) is 12.2 Å². The lowest BCUT2D eigenvalue weighted by atomic mass is 9.78. The van der Waals surface area contributed by atoms with E-state index in [0.717, 1.165) is 59.3 Å². The van der Waals surface area contributed by atoms with E-state index >= 15 is 0 Å². The van der Waals surface area contributed by atoms with Gasteiger partial charge in [0.2, 0.25) is 0 Å². The first-order valence-corrected chi connectivity index (χ1v) is 10.5. The molecular formula is C22H21F3N4S. The monoisotopic (exact) mass is 430 g/mol. The Kier molecular flexibility index (Phi) is 5.87. The van der Waals surface area contributed by atoms with Crippen LogP contribution >= 0.6 is 11.9 Å². The molecule has 2 heterocycles. The van der Waals surface area contributed by atoms with Crippen molar-refractivity contribution in [3.8, 4) is 11.3 Å². The molecule has 8 heteroatoms. The number of aryl methyl sites for hydroxylation is 1. The minimum atomic E-state index is -0.594.